The molecule has 3 nitrogen and oxygen atoms in total. The van der Waals surface area contributed by atoms with Crippen LogP contribution in [0.3, 0.4) is 0 Å². The number of nitrogens with zero attached hydrogens (tertiary/aromatic N) is 3. The first kappa shape index (κ1) is 19.5. The number of hydrogen-bond donors (Lipinski definition) is 1. The van der Waals surface area contributed by atoms with Gasteiger partial charge in [0.25, 0.3) is 0 Å². The highest BCUT2D eigenvalue weighted by atomic mass is 32.1. The number of hydrogen-bond acceptors (Lipinski definition) is 4. The third-order valence-electron chi connectivity index (χ3n) is 3.83. The predicted octanol–water partition coefficient (Wildman–Crippen LogP) is 2.29. The monoisotopic (exact) mass is 323 g/mol. The molecule has 0 aromatic heterocycles. The van der Waals surface area contributed by atoms with Crippen LogP contribution >= 0.6 is 12.6 Å². The van der Waals surface area contributed by atoms with Gasteiger partial charge in [-0.2, -0.15) is 0 Å². The molecule has 0 N–H and O–H groups in total. The van der Waals surface area contributed by atoms with Crippen LogP contribution in [0.15, 0.2) is 17.0 Å². The van der Waals surface area contributed by atoms with Crippen molar-refractivity contribution in [1.82, 2.24) is 14.7 Å². The fourth-order valence-electron chi connectivity index (χ4n) is 2.40. The van der Waals surface area contributed by atoms with Crippen LogP contribution in [0.4, 0.5) is 0 Å². The minimum absolute atomic E-state index is 1.07. The van der Waals surface area contributed by atoms with Crippen LogP contribution in [-0.4, -0.2) is 76.6 Å². The van der Waals surface area contributed by atoms with Gasteiger partial charge in [-0.25, -0.2) is 0 Å². The van der Waals surface area contributed by atoms with E-state index in [-0.39, 0.29) is 0 Å². The zero-order valence-corrected chi connectivity index (χ0v) is 16.1. The SMILES string of the molecule is CN(C)CCc1cc(CCN(C)C)c(S)c(CCN(C)C)c1. The van der Waals surface area contributed by atoms with Crippen molar-refractivity contribution in [2.75, 3.05) is 61.9 Å². The van der Waals surface area contributed by atoms with Gasteiger partial charge in [0.1, 0.15) is 0 Å². The molecule has 1 rings (SSSR count). The first-order chi connectivity index (χ1) is 10.3. The van der Waals surface area contributed by atoms with Gasteiger partial charge in [0, 0.05) is 24.5 Å². The van der Waals surface area contributed by atoms with Crippen LogP contribution in [0.5, 0.6) is 0 Å². The highest BCUT2D eigenvalue weighted by Gasteiger charge is 2.09. The maximum absolute atomic E-state index is 4.82. The molecule has 0 aliphatic heterocycles. The van der Waals surface area contributed by atoms with Crippen LogP contribution in [0.25, 0.3) is 0 Å². The molecule has 1 aromatic carbocycles. The average molecular weight is 324 g/mol. The Bertz CT molecular complexity index is 423. The molecule has 126 valence electrons. The molecular weight excluding hydrogens is 290 g/mol. The van der Waals surface area contributed by atoms with E-state index < -0.39 is 0 Å². The van der Waals surface area contributed by atoms with Gasteiger partial charge in [-0.1, -0.05) is 12.1 Å². The van der Waals surface area contributed by atoms with E-state index in [1.165, 1.54) is 21.6 Å². The first-order valence-corrected chi connectivity index (χ1v) is 8.52. The second-order valence-corrected chi connectivity index (χ2v) is 7.37. The van der Waals surface area contributed by atoms with Crippen molar-refractivity contribution >= 4 is 12.6 Å². The van der Waals surface area contributed by atoms with E-state index in [2.05, 4.69) is 69.1 Å². The fourth-order valence-corrected chi connectivity index (χ4v) is 2.75. The largest absolute Gasteiger partial charge is 0.309 e. The second-order valence-electron chi connectivity index (χ2n) is 6.92. The Morgan fingerprint density at radius 1 is 0.682 bits per heavy atom. The van der Waals surface area contributed by atoms with E-state index in [1.54, 1.807) is 0 Å². The fraction of sp³-hybridized carbons (Fsp3) is 0.667. The third-order valence-corrected chi connectivity index (χ3v) is 4.41. The summed E-state index contributed by atoms with van der Waals surface area (Å²) in [7, 11) is 12.8. The molecule has 0 aliphatic rings. The molecule has 0 saturated carbocycles. The van der Waals surface area contributed by atoms with Gasteiger partial charge in [0.05, 0.1) is 0 Å². The molecule has 0 atom stereocenters. The minimum atomic E-state index is 1.07. The molecule has 0 radical (unpaired) electrons. The Morgan fingerprint density at radius 2 is 1.05 bits per heavy atom. The van der Waals surface area contributed by atoms with Gasteiger partial charge in [0.15, 0.2) is 0 Å². The summed E-state index contributed by atoms with van der Waals surface area (Å²) >= 11 is 4.82. The predicted molar refractivity (Wildman–Crippen MR) is 100 cm³/mol. The van der Waals surface area contributed by atoms with Crippen molar-refractivity contribution in [2.45, 2.75) is 24.2 Å². The molecule has 1 aromatic rings. The van der Waals surface area contributed by atoms with Crippen molar-refractivity contribution in [2.24, 2.45) is 0 Å². The van der Waals surface area contributed by atoms with Crippen molar-refractivity contribution in [1.29, 1.82) is 0 Å². The summed E-state index contributed by atoms with van der Waals surface area (Å²) in [5, 5.41) is 0. The van der Waals surface area contributed by atoms with Gasteiger partial charge in [0.2, 0.25) is 0 Å². The van der Waals surface area contributed by atoms with Gasteiger partial charge in [-0.3, -0.25) is 0 Å². The van der Waals surface area contributed by atoms with E-state index >= 15 is 0 Å². The molecule has 0 heterocycles. The number of thiol groups is 1. The van der Waals surface area contributed by atoms with Crippen molar-refractivity contribution < 1.29 is 0 Å². The Balaban J connectivity index is 2.95. The molecule has 4 heteroatoms. The highest BCUT2D eigenvalue weighted by molar-refractivity contribution is 7.80. The minimum Gasteiger partial charge on any atom is -0.309 e. The lowest BCUT2D eigenvalue weighted by Gasteiger charge is -2.18. The van der Waals surface area contributed by atoms with E-state index in [0.29, 0.717) is 0 Å². The van der Waals surface area contributed by atoms with Gasteiger partial charge in [-0.15, -0.1) is 12.6 Å². The smallest absolute Gasteiger partial charge is 0.0105 e. The summed E-state index contributed by atoms with van der Waals surface area (Å²) in [5.41, 5.74) is 4.22. The zero-order chi connectivity index (χ0) is 16.7. The Kier molecular flexibility index (Phi) is 8.47. The van der Waals surface area contributed by atoms with E-state index in [4.69, 9.17) is 12.6 Å². The standard InChI is InChI=1S/C18H33N3S/c1-19(2)10-7-15-13-16(8-11-20(3)4)18(22)17(14-15)9-12-21(5)6/h13-14,22H,7-12H2,1-6H3. The molecule has 0 amide bonds. The van der Waals surface area contributed by atoms with Crippen molar-refractivity contribution in [3.8, 4) is 0 Å². The normalized spacial score (nSPS) is 11.9. The van der Waals surface area contributed by atoms with E-state index in [0.717, 1.165) is 38.9 Å². The molecule has 0 bridgehead atoms. The Labute approximate surface area is 142 Å². The summed E-state index contributed by atoms with van der Waals surface area (Å²) in [4.78, 5) is 7.91. The van der Waals surface area contributed by atoms with Crippen molar-refractivity contribution in [3.63, 3.8) is 0 Å². The molecule has 22 heavy (non-hydrogen) atoms. The molecule has 0 aliphatic carbocycles. The molecule has 0 saturated heterocycles. The highest BCUT2D eigenvalue weighted by Crippen LogP contribution is 2.24. The summed E-state index contributed by atoms with van der Waals surface area (Å²) in [6, 6.07) is 4.71. The van der Waals surface area contributed by atoms with Gasteiger partial charge < -0.3 is 14.7 Å². The topological polar surface area (TPSA) is 9.72 Å². The number of likely N-dealkylation sites (N-methyl/N-ethyl adjacent to an activating group) is 3. The zero-order valence-electron chi connectivity index (χ0n) is 15.2. The lowest BCUT2D eigenvalue weighted by Crippen LogP contribution is -2.18. The molecule has 0 fully saturated rings. The van der Waals surface area contributed by atoms with E-state index in [1.807, 2.05) is 0 Å². The summed E-state index contributed by atoms with van der Waals surface area (Å²) in [5.74, 6) is 0. The van der Waals surface area contributed by atoms with Gasteiger partial charge in [-0.05, 0) is 78.2 Å². The lowest BCUT2D eigenvalue weighted by atomic mass is 9.99. The number of benzene rings is 1. The number of rotatable bonds is 9. The summed E-state index contributed by atoms with van der Waals surface area (Å²) in [6.45, 7) is 3.22. The first-order valence-electron chi connectivity index (χ1n) is 8.07. The van der Waals surface area contributed by atoms with Crippen LogP contribution in [0.1, 0.15) is 16.7 Å². The maximum Gasteiger partial charge on any atom is 0.0105 e. The molecule has 0 unspecified atom stereocenters. The molecular formula is C18H33N3S. The van der Waals surface area contributed by atoms with Crippen LogP contribution in [0.2, 0.25) is 0 Å². The quantitative estimate of drug-likeness (QED) is 0.699. The molecule has 0 spiro atoms. The average Bonchev–Trinajstić information content (AvgIpc) is 2.42. The van der Waals surface area contributed by atoms with Crippen molar-refractivity contribution in [3.05, 3.63) is 28.8 Å². The summed E-state index contributed by atoms with van der Waals surface area (Å²) in [6.07, 6.45) is 3.23. The van der Waals surface area contributed by atoms with E-state index in [9.17, 15) is 0 Å². The summed E-state index contributed by atoms with van der Waals surface area (Å²) < 4.78 is 0. The van der Waals surface area contributed by atoms with Crippen LogP contribution in [-0.2, 0) is 19.3 Å². The Morgan fingerprint density at radius 3 is 1.41 bits per heavy atom. The van der Waals surface area contributed by atoms with Gasteiger partial charge >= 0.3 is 0 Å². The maximum atomic E-state index is 4.82. The lowest BCUT2D eigenvalue weighted by molar-refractivity contribution is 0.407. The second kappa shape index (κ2) is 9.56. The third kappa shape index (κ3) is 7.14. The Hall–Kier alpha value is -0.550. The van der Waals surface area contributed by atoms with Crippen LogP contribution in [0, 0.1) is 0 Å². The van der Waals surface area contributed by atoms with Crippen LogP contribution < -0.4 is 0 Å².